The molecule has 0 unspecified atom stereocenters. The van der Waals surface area contributed by atoms with Crippen LogP contribution in [0.25, 0.3) is 20.8 Å². The molecule has 0 saturated heterocycles. The van der Waals surface area contributed by atoms with E-state index in [4.69, 9.17) is 4.74 Å². The Morgan fingerprint density at radius 2 is 1.71 bits per heavy atom. The first-order valence-corrected chi connectivity index (χ1v) is 10.6. The highest BCUT2D eigenvalue weighted by molar-refractivity contribution is 7.92. The number of methoxy groups -OCH3 is 1. The largest absolute Gasteiger partial charge is 0.497 e. The Morgan fingerprint density at radius 3 is 2.39 bits per heavy atom. The summed E-state index contributed by atoms with van der Waals surface area (Å²) in [4.78, 5) is 4.61. The molecule has 1 aromatic heterocycles. The van der Waals surface area contributed by atoms with Crippen LogP contribution in [-0.4, -0.2) is 20.5 Å². The Balaban J connectivity index is 1.58. The standard InChI is InChI=1S/C20H15FN2O3S2/c1-26-16-8-11-18-19(12-16)27-20(22-18)13-2-6-15(7-3-13)23-28(24,25)17-9-4-14(21)5-10-17/h2-12,23H,1H3. The molecule has 0 bridgehead atoms. The van der Waals surface area contributed by atoms with E-state index in [9.17, 15) is 12.8 Å². The van der Waals surface area contributed by atoms with Crippen LogP contribution in [0.1, 0.15) is 0 Å². The number of sulfonamides is 1. The Morgan fingerprint density at radius 1 is 1.00 bits per heavy atom. The zero-order valence-electron chi connectivity index (χ0n) is 14.7. The van der Waals surface area contributed by atoms with E-state index in [1.807, 2.05) is 18.2 Å². The van der Waals surface area contributed by atoms with E-state index in [0.29, 0.717) is 5.69 Å². The van der Waals surface area contributed by atoms with Crippen molar-refractivity contribution in [3.8, 4) is 16.3 Å². The third-order valence-electron chi connectivity index (χ3n) is 4.10. The molecule has 0 fully saturated rings. The lowest BCUT2D eigenvalue weighted by Crippen LogP contribution is -2.12. The van der Waals surface area contributed by atoms with Crippen LogP contribution in [0.3, 0.4) is 0 Å². The molecule has 0 atom stereocenters. The molecule has 0 spiro atoms. The van der Waals surface area contributed by atoms with E-state index < -0.39 is 15.8 Å². The van der Waals surface area contributed by atoms with Gasteiger partial charge in [-0.05, 0) is 66.7 Å². The summed E-state index contributed by atoms with van der Waals surface area (Å²) >= 11 is 1.53. The molecule has 0 radical (unpaired) electrons. The maximum atomic E-state index is 13.0. The molecule has 0 aliphatic heterocycles. The minimum absolute atomic E-state index is 0.00176. The van der Waals surface area contributed by atoms with Gasteiger partial charge in [-0.1, -0.05) is 0 Å². The molecular weight excluding hydrogens is 399 g/mol. The summed E-state index contributed by atoms with van der Waals surface area (Å²) in [7, 11) is -2.16. The number of nitrogens with zero attached hydrogens (tertiary/aromatic N) is 1. The second-order valence-corrected chi connectivity index (χ2v) is 8.70. The van der Waals surface area contributed by atoms with Crippen molar-refractivity contribution in [1.29, 1.82) is 0 Å². The van der Waals surface area contributed by atoms with Crippen LogP contribution in [0.2, 0.25) is 0 Å². The van der Waals surface area contributed by atoms with Crippen molar-refractivity contribution in [1.82, 2.24) is 4.98 Å². The van der Waals surface area contributed by atoms with Crippen molar-refractivity contribution >= 4 is 37.3 Å². The molecule has 8 heteroatoms. The topological polar surface area (TPSA) is 68.3 Å². The average Bonchev–Trinajstić information content (AvgIpc) is 3.11. The molecule has 1 heterocycles. The highest BCUT2D eigenvalue weighted by atomic mass is 32.2. The molecule has 28 heavy (non-hydrogen) atoms. The summed E-state index contributed by atoms with van der Waals surface area (Å²) in [5, 5.41) is 0.830. The van der Waals surface area contributed by atoms with Crippen molar-refractivity contribution in [2.24, 2.45) is 0 Å². The van der Waals surface area contributed by atoms with E-state index in [2.05, 4.69) is 9.71 Å². The van der Waals surface area contributed by atoms with Crippen LogP contribution in [0.15, 0.2) is 71.6 Å². The molecule has 0 saturated carbocycles. The second kappa shape index (κ2) is 7.21. The Hall–Kier alpha value is -2.97. The Labute approximate surface area is 165 Å². The quantitative estimate of drug-likeness (QED) is 0.504. The van der Waals surface area contributed by atoms with E-state index in [-0.39, 0.29) is 4.90 Å². The maximum absolute atomic E-state index is 13.0. The summed E-state index contributed by atoms with van der Waals surface area (Å²) in [6.07, 6.45) is 0. The zero-order chi connectivity index (χ0) is 19.7. The minimum Gasteiger partial charge on any atom is -0.497 e. The average molecular weight is 414 g/mol. The molecule has 3 aromatic carbocycles. The number of fused-ring (bicyclic) bond motifs is 1. The van der Waals surface area contributed by atoms with Gasteiger partial charge in [0.05, 0.1) is 22.2 Å². The number of halogens is 1. The third kappa shape index (κ3) is 3.69. The fraction of sp³-hybridized carbons (Fsp3) is 0.0500. The molecule has 4 aromatic rings. The maximum Gasteiger partial charge on any atom is 0.261 e. The first kappa shape index (κ1) is 18.4. The van der Waals surface area contributed by atoms with Crippen LogP contribution < -0.4 is 9.46 Å². The molecule has 4 rings (SSSR count). The van der Waals surface area contributed by atoms with Gasteiger partial charge in [-0.2, -0.15) is 0 Å². The lowest BCUT2D eigenvalue weighted by atomic mass is 10.2. The van der Waals surface area contributed by atoms with E-state index in [0.717, 1.165) is 38.7 Å². The minimum atomic E-state index is -3.78. The molecule has 142 valence electrons. The van der Waals surface area contributed by atoms with Crippen LogP contribution in [0.4, 0.5) is 10.1 Å². The van der Waals surface area contributed by atoms with Gasteiger partial charge in [0, 0.05) is 11.3 Å². The number of nitrogens with one attached hydrogen (secondary N) is 1. The zero-order valence-corrected chi connectivity index (χ0v) is 16.4. The SMILES string of the molecule is COc1ccc2nc(-c3ccc(NS(=O)(=O)c4ccc(F)cc4)cc3)sc2c1. The summed E-state index contributed by atoms with van der Waals surface area (Å²) in [6, 6.07) is 17.3. The van der Waals surface area contributed by atoms with Crippen LogP contribution in [0, 0.1) is 5.82 Å². The molecule has 5 nitrogen and oxygen atoms in total. The van der Waals surface area contributed by atoms with Gasteiger partial charge in [-0.15, -0.1) is 11.3 Å². The summed E-state index contributed by atoms with van der Waals surface area (Å²) in [6.45, 7) is 0. The Bertz CT molecular complexity index is 1230. The van der Waals surface area contributed by atoms with Gasteiger partial charge in [0.2, 0.25) is 0 Å². The second-order valence-electron chi connectivity index (χ2n) is 5.99. The third-order valence-corrected chi connectivity index (χ3v) is 6.57. The fourth-order valence-electron chi connectivity index (χ4n) is 2.66. The van der Waals surface area contributed by atoms with E-state index >= 15 is 0 Å². The van der Waals surface area contributed by atoms with Gasteiger partial charge in [0.1, 0.15) is 16.6 Å². The highest BCUT2D eigenvalue weighted by Crippen LogP contribution is 2.33. The number of benzene rings is 3. The smallest absolute Gasteiger partial charge is 0.261 e. The van der Waals surface area contributed by atoms with E-state index in [1.165, 1.54) is 23.5 Å². The van der Waals surface area contributed by atoms with Crippen molar-refractivity contribution in [3.63, 3.8) is 0 Å². The molecule has 0 aliphatic rings. The first-order valence-electron chi connectivity index (χ1n) is 8.28. The molecular formula is C20H15FN2O3S2. The number of hydrogen-bond acceptors (Lipinski definition) is 5. The van der Waals surface area contributed by atoms with Gasteiger partial charge in [-0.3, -0.25) is 4.72 Å². The van der Waals surface area contributed by atoms with Gasteiger partial charge >= 0.3 is 0 Å². The fourth-order valence-corrected chi connectivity index (χ4v) is 4.72. The van der Waals surface area contributed by atoms with Gasteiger partial charge in [-0.25, -0.2) is 17.8 Å². The lowest BCUT2D eigenvalue weighted by Gasteiger charge is -2.08. The van der Waals surface area contributed by atoms with Gasteiger partial charge < -0.3 is 4.74 Å². The van der Waals surface area contributed by atoms with Crippen LogP contribution in [-0.2, 0) is 10.0 Å². The molecule has 0 aliphatic carbocycles. The number of ether oxygens (including phenoxy) is 1. The molecule has 1 N–H and O–H groups in total. The summed E-state index contributed by atoms with van der Waals surface area (Å²) in [5.41, 5.74) is 2.17. The van der Waals surface area contributed by atoms with Crippen molar-refractivity contribution < 1.29 is 17.5 Å². The van der Waals surface area contributed by atoms with Crippen molar-refractivity contribution in [3.05, 3.63) is 72.5 Å². The first-order chi connectivity index (χ1) is 13.4. The van der Waals surface area contributed by atoms with Crippen LogP contribution >= 0.6 is 11.3 Å². The number of aromatic nitrogens is 1. The monoisotopic (exact) mass is 414 g/mol. The number of anilines is 1. The number of hydrogen-bond donors (Lipinski definition) is 1. The lowest BCUT2D eigenvalue weighted by molar-refractivity contribution is 0.415. The van der Waals surface area contributed by atoms with Crippen molar-refractivity contribution in [2.75, 3.05) is 11.8 Å². The van der Waals surface area contributed by atoms with Gasteiger partial charge in [0.25, 0.3) is 10.0 Å². The normalized spacial score (nSPS) is 11.5. The summed E-state index contributed by atoms with van der Waals surface area (Å²) < 4.78 is 46.5. The Kier molecular flexibility index (Phi) is 4.74. The van der Waals surface area contributed by atoms with Gasteiger partial charge in [0.15, 0.2) is 0 Å². The molecule has 0 amide bonds. The predicted molar refractivity (Wildman–Crippen MR) is 109 cm³/mol. The number of thiazole rings is 1. The van der Waals surface area contributed by atoms with Crippen molar-refractivity contribution in [2.45, 2.75) is 4.90 Å². The summed E-state index contributed by atoms with van der Waals surface area (Å²) in [5.74, 6) is 0.282. The van der Waals surface area contributed by atoms with E-state index in [1.54, 1.807) is 31.4 Å². The highest BCUT2D eigenvalue weighted by Gasteiger charge is 2.14. The van der Waals surface area contributed by atoms with Crippen LogP contribution in [0.5, 0.6) is 5.75 Å². The predicted octanol–water partition coefficient (Wildman–Crippen LogP) is 4.91. The number of rotatable bonds is 5.